The van der Waals surface area contributed by atoms with E-state index in [1.165, 1.54) is 0 Å². The van der Waals surface area contributed by atoms with E-state index >= 15 is 0 Å². The average molecular weight is 356 g/mol. The molecule has 0 radical (unpaired) electrons. The molecule has 0 aromatic carbocycles. The van der Waals surface area contributed by atoms with Crippen molar-refractivity contribution in [2.45, 2.75) is 58.8 Å². The van der Waals surface area contributed by atoms with Gasteiger partial charge in [-0.15, -0.1) is 0 Å². The van der Waals surface area contributed by atoms with Gasteiger partial charge in [-0.25, -0.2) is 4.99 Å². The predicted molar refractivity (Wildman–Crippen MR) is 102 cm³/mol. The number of ether oxygens (including phenoxy) is 1. The molecule has 0 aromatic rings. The molecule has 2 heterocycles. The Kier molecular flexibility index (Phi) is 5.30. The summed E-state index contributed by atoms with van der Waals surface area (Å²) in [7, 11) is 0. The maximum atomic E-state index is 11.8. The number of fused-ring (bicyclic) bond motifs is 2. The quantitative estimate of drug-likeness (QED) is 0.476. The zero-order chi connectivity index (χ0) is 18.9. The first-order valence-corrected chi connectivity index (χ1v) is 9.25. The fourth-order valence-corrected chi connectivity index (χ4v) is 3.72. The van der Waals surface area contributed by atoms with Crippen molar-refractivity contribution in [2.24, 2.45) is 10.9 Å². The standard InChI is InChI=1S/C21H28N2O3/c1-14-11-15(12-19(25)26-21(2,3)4)8-9-16-17(13-24)23-10-6-5-7-18(23)22-20(14)16/h5-7,11,13-14,19,25H,8-10,12H2,1-4H3. The predicted octanol–water partition coefficient (Wildman–Crippen LogP) is 3.49. The van der Waals surface area contributed by atoms with E-state index in [4.69, 9.17) is 9.73 Å². The Labute approximate surface area is 155 Å². The molecular weight excluding hydrogens is 328 g/mol. The van der Waals surface area contributed by atoms with Crippen molar-refractivity contribution in [1.82, 2.24) is 4.90 Å². The van der Waals surface area contributed by atoms with E-state index in [2.05, 4.69) is 13.0 Å². The van der Waals surface area contributed by atoms with Gasteiger partial charge in [0.15, 0.2) is 12.6 Å². The fourth-order valence-electron chi connectivity index (χ4n) is 3.72. The topological polar surface area (TPSA) is 62.1 Å². The Hall–Kier alpha value is -1.98. The second-order valence-electron chi connectivity index (χ2n) is 8.04. The normalized spacial score (nSPS) is 24.1. The highest BCUT2D eigenvalue weighted by Gasteiger charge is 2.31. The second-order valence-corrected chi connectivity index (χ2v) is 8.04. The minimum Gasteiger partial charge on any atom is -0.368 e. The van der Waals surface area contributed by atoms with Crippen LogP contribution in [-0.4, -0.2) is 40.4 Å². The number of aliphatic hydroxyl groups excluding tert-OH is 1. The van der Waals surface area contributed by atoms with Crippen molar-refractivity contribution >= 4 is 12.0 Å². The van der Waals surface area contributed by atoms with E-state index in [9.17, 15) is 9.90 Å². The molecule has 0 bridgehead atoms. The van der Waals surface area contributed by atoms with Crippen LogP contribution in [-0.2, 0) is 9.53 Å². The third-order valence-electron chi connectivity index (χ3n) is 4.74. The van der Waals surface area contributed by atoms with Gasteiger partial charge in [0.1, 0.15) is 5.82 Å². The van der Waals surface area contributed by atoms with Gasteiger partial charge >= 0.3 is 0 Å². The second kappa shape index (κ2) is 7.33. The van der Waals surface area contributed by atoms with Crippen LogP contribution in [0.3, 0.4) is 0 Å². The Bertz CT molecular complexity index is 735. The van der Waals surface area contributed by atoms with Crippen molar-refractivity contribution in [3.05, 3.63) is 47.0 Å². The van der Waals surface area contributed by atoms with E-state index in [-0.39, 0.29) is 11.5 Å². The van der Waals surface area contributed by atoms with E-state index in [1.54, 1.807) is 0 Å². The molecule has 5 heteroatoms. The zero-order valence-electron chi connectivity index (χ0n) is 16.0. The lowest BCUT2D eigenvalue weighted by molar-refractivity contribution is -0.164. The number of rotatable bonds is 4. The summed E-state index contributed by atoms with van der Waals surface area (Å²) < 4.78 is 5.65. The van der Waals surface area contributed by atoms with Crippen molar-refractivity contribution in [3.8, 4) is 0 Å². The smallest absolute Gasteiger partial charge is 0.166 e. The first-order chi connectivity index (χ1) is 12.3. The third kappa shape index (κ3) is 4.05. The van der Waals surface area contributed by atoms with Gasteiger partial charge in [0.05, 0.1) is 17.0 Å². The van der Waals surface area contributed by atoms with Gasteiger partial charge in [-0.2, -0.15) is 0 Å². The lowest BCUT2D eigenvalue weighted by atomic mass is 9.94. The maximum Gasteiger partial charge on any atom is 0.166 e. The number of aldehydes is 1. The van der Waals surface area contributed by atoms with E-state index in [1.807, 2.05) is 43.9 Å². The van der Waals surface area contributed by atoms with Crippen molar-refractivity contribution in [3.63, 3.8) is 0 Å². The number of carbonyl (C=O) groups is 1. The van der Waals surface area contributed by atoms with Crippen LogP contribution in [0.15, 0.2) is 52.0 Å². The van der Waals surface area contributed by atoms with Crippen molar-refractivity contribution in [2.75, 3.05) is 6.54 Å². The molecule has 2 unspecified atom stereocenters. The molecule has 5 nitrogen and oxygen atoms in total. The van der Waals surface area contributed by atoms with E-state index in [0.717, 1.165) is 47.5 Å². The highest BCUT2D eigenvalue weighted by Crippen LogP contribution is 2.35. The van der Waals surface area contributed by atoms with Crippen LogP contribution in [0.5, 0.6) is 0 Å². The van der Waals surface area contributed by atoms with Gasteiger partial charge in [0.25, 0.3) is 0 Å². The number of allylic oxidation sites excluding steroid dienone is 5. The minimum absolute atomic E-state index is 0.0910. The van der Waals surface area contributed by atoms with Gasteiger partial charge in [-0.1, -0.05) is 30.7 Å². The number of hydrogen-bond acceptors (Lipinski definition) is 5. The molecule has 3 rings (SSSR count). The molecule has 0 aromatic heterocycles. The van der Waals surface area contributed by atoms with E-state index < -0.39 is 6.29 Å². The molecule has 3 aliphatic rings. The molecule has 26 heavy (non-hydrogen) atoms. The number of carbonyl (C=O) groups excluding carboxylic acids is 1. The molecule has 0 saturated carbocycles. The summed E-state index contributed by atoms with van der Waals surface area (Å²) >= 11 is 0. The molecule has 0 fully saturated rings. The van der Waals surface area contributed by atoms with Gasteiger partial charge in [0, 0.05) is 24.5 Å². The summed E-state index contributed by atoms with van der Waals surface area (Å²) in [5.41, 5.74) is 3.47. The average Bonchev–Trinajstić information content (AvgIpc) is 2.70. The zero-order valence-corrected chi connectivity index (χ0v) is 16.0. The largest absolute Gasteiger partial charge is 0.368 e. The summed E-state index contributed by atoms with van der Waals surface area (Å²) in [6.07, 6.45) is 10.3. The third-order valence-corrected chi connectivity index (χ3v) is 4.74. The number of aliphatic hydroxyl groups is 1. The highest BCUT2D eigenvalue weighted by atomic mass is 16.6. The Morgan fingerprint density at radius 1 is 1.42 bits per heavy atom. The van der Waals surface area contributed by atoms with Gasteiger partial charge in [-0.3, -0.25) is 4.79 Å². The van der Waals surface area contributed by atoms with Crippen molar-refractivity contribution in [1.29, 1.82) is 0 Å². The number of nitrogens with zero attached hydrogens (tertiary/aromatic N) is 2. The van der Waals surface area contributed by atoms with Crippen LogP contribution >= 0.6 is 0 Å². The van der Waals surface area contributed by atoms with E-state index in [0.29, 0.717) is 13.0 Å². The first kappa shape index (κ1) is 18.8. The summed E-state index contributed by atoms with van der Waals surface area (Å²) in [5.74, 6) is 0.918. The molecule has 2 aliphatic heterocycles. The fraction of sp³-hybridized carbons (Fsp3) is 0.524. The van der Waals surface area contributed by atoms with Crippen molar-refractivity contribution < 1.29 is 14.6 Å². The lowest BCUT2D eigenvalue weighted by Crippen LogP contribution is -2.32. The molecule has 1 aliphatic carbocycles. The van der Waals surface area contributed by atoms with Gasteiger partial charge in [0.2, 0.25) is 0 Å². The van der Waals surface area contributed by atoms with Crippen LogP contribution in [0.2, 0.25) is 0 Å². The Morgan fingerprint density at radius 3 is 2.88 bits per heavy atom. The molecule has 0 amide bonds. The molecular formula is C21H28N2O3. The molecule has 0 spiro atoms. The molecule has 0 saturated heterocycles. The Morgan fingerprint density at radius 2 is 2.19 bits per heavy atom. The summed E-state index contributed by atoms with van der Waals surface area (Å²) in [5, 5.41) is 10.3. The van der Waals surface area contributed by atoms with Crippen LogP contribution in [0.1, 0.15) is 47.0 Å². The highest BCUT2D eigenvalue weighted by molar-refractivity contribution is 6.08. The summed E-state index contributed by atoms with van der Waals surface area (Å²) in [6.45, 7) is 8.57. The molecule has 2 atom stereocenters. The van der Waals surface area contributed by atoms with Crippen LogP contribution in [0, 0.1) is 5.92 Å². The number of aliphatic imine (C=N–C) groups is 1. The van der Waals surface area contributed by atoms with Crippen LogP contribution < -0.4 is 0 Å². The van der Waals surface area contributed by atoms with Crippen LogP contribution in [0.4, 0.5) is 0 Å². The molecule has 1 N–H and O–H groups in total. The Balaban J connectivity index is 1.86. The lowest BCUT2D eigenvalue weighted by Gasteiger charge is -2.33. The SMILES string of the molecule is CC1C=C(CC(O)OC(C)(C)C)CCC2=C(C=O)N3CC=CC=C3N=C21. The van der Waals surface area contributed by atoms with Gasteiger partial charge in [-0.05, 0) is 39.7 Å². The first-order valence-electron chi connectivity index (χ1n) is 9.25. The monoisotopic (exact) mass is 356 g/mol. The molecule has 140 valence electrons. The van der Waals surface area contributed by atoms with Crippen LogP contribution in [0.25, 0.3) is 0 Å². The summed E-state index contributed by atoms with van der Waals surface area (Å²) in [4.78, 5) is 18.6. The number of hydrogen-bond donors (Lipinski definition) is 1. The van der Waals surface area contributed by atoms with Gasteiger partial charge < -0.3 is 14.7 Å². The maximum absolute atomic E-state index is 11.8. The summed E-state index contributed by atoms with van der Waals surface area (Å²) in [6, 6.07) is 0. The minimum atomic E-state index is -0.826.